The quantitative estimate of drug-likeness (QED) is 0.903. The lowest BCUT2D eigenvalue weighted by atomic mass is 9.99. The van der Waals surface area contributed by atoms with Gasteiger partial charge in [0.1, 0.15) is 0 Å². The standard InChI is InChI=1S/C13H23BrN4/c1-15-12-6-4-5-10(12)13-11(14)9-16-18(13)8-7-17(2)3/h9-10,12,15H,4-8H2,1-3H3. The molecule has 1 saturated carbocycles. The van der Waals surface area contributed by atoms with Crippen LogP contribution in [0, 0.1) is 0 Å². The minimum absolute atomic E-state index is 0.592. The van der Waals surface area contributed by atoms with E-state index in [2.05, 4.69) is 57.1 Å². The molecule has 2 rings (SSSR count). The van der Waals surface area contributed by atoms with E-state index in [-0.39, 0.29) is 0 Å². The lowest BCUT2D eigenvalue weighted by Gasteiger charge is -2.21. The molecule has 2 unspecified atom stereocenters. The molecule has 1 heterocycles. The first-order chi connectivity index (χ1) is 8.63. The lowest BCUT2D eigenvalue weighted by Crippen LogP contribution is -2.30. The molecule has 1 aromatic rings. The first-order valence-electron chi connectivity index (χ1n) is 6.66. The number of likely N-dealkylation sites (N-methyl/N-ethyl adjacent to an activating group) is 2. The van der Waals surface area contributed by atoms with Gasteiger partial charge < -0.3 is 10.2 Å². The van der Waals surface area contributed by atoms with Crippen LogP contribution in [-0.2, 0) is 6.54 Å². The second kappa shape index (κ2) is 6.17. The molecule has 0 radical (unpaired) electrons. The van der Waals surface area contributed by atoms with Crippen molar-refractivity contribution in [1.29, 1.82) is 0 Å². The van der Waals surface area contributed by atoms with Crippen LogP contribution in [0.4, 0.5) is 0 Å². The summed E-state index contributed by atoms with van der Waals surface area (Å²) in [7, 11) is 6.27. The van der Waals surface area contributed by atoms with E-state index >= 15 is 0 Å². The van der Waals surface area contributed by atoms with E-state index in [1.807, 2.05) is 6.20 Å². The van der Waals surface area contributed by atoms with Gasteiger partial charge in [0.15, 0.2) is 0 Å². The van der Waals surface area contributed by atoms with Gasteiger partial charge in [0.2, 0.25) is 0 Å². The third-order valence-corrected chi connectivity index (χ3v) is 4.44. The number of hydrogen-bond donors (Lipinski definition) is 1. The van der Waals surface area contributed by atoms with Gasteiger partial charge >= 0.3 is 0 Å². The highest BCUT2D eigenvalue weighted by Gasteiger charge is 2.31. The second-order valence-corrected chi connectivity index (χ2v) is 6.19. The van der Waals surface area contributed by atoms with Gasteiger partial charge in [0, 0.05) is 18.5 Å². The molecular weight excluding hydrogens is 292 g/mol. The zero-order valence-corrected chi connectivity index (χ0v) is 13.1. The van der Waals surface area contributed by atoms with E-state index in [9.17, 15) is 0 Å². The summed E-state index contributed by atoms with van der Waals surface area (Å²) < 4.78 is 3.33. The lowest BCUT2D eigenvalue weighted by molar-refractivity contribution is 0.362. The van der Waals surface area contributed by atoms with Gasteiger partial charge in [-0.05, 0) is 49.9 Å². The molecule has 102 valence electrons. The zero-order valence-electron chi connectivity index (χ0n) is 11.5. The molecule has 1 fully saturated rings. The summed E-state index contributed by atoms with van der Waals surface area (Å²) >= 11 is 3.67. The molecule has 1 N–H and O–H groups in total. The highest BCUT2D eigenvalue weighted by atomic mass is 79.9. The highest BCUT2D eigenvalue weighted by molar-refractivity contribution is 9.10. The summed E-state index contributed by atoms with van der Waals surface area (Å²) in [4.78, 5) is 2.20. The van der Waals surface area contributed by atoms with Crippen LogP contribution in [0.1, 0.15) is 30.9 Å². The fourth-order valence-corrected chi connectivity index (χ4v) is 3.44. The molecule has 1 aromatic heterocycles. The van der Waals surface area contributed by atoms with Gasteiger partial charge in [0.25, 0.3) is 0 Å². The van der Waals surface area contributed by atoms with E-state index in [0.29, 0.717) is 12.0 Å². The average Bonchev–Trinajstić information content (AvgIpc) is 2.92. The molecule has 18 heavy (non-hydrogen) atoms. The van der Waals surface area contributed by atoms with Crippen molar-refractivity contribution in [3.63, 3.8) is 0 Å². The van der Waals surface area contributed by atoms with Gasteiger partial charge in [-0.15, -0.1) is 0 Å². The van der Waals surface area contributed by atoms with Gasteiger partial charge in [-0.25, -0.2) is 0 Å². The third kappa shape index (κ3) is 2.95. The van der Waals surface area contributed by atoms with Crippen molar-refractivity contribution >= 4 is 15.9 Å². The Morgan fingerprint density at radius 3 is 2.94 bits per heavy atom. The Morgan fingerprint density at radius 2 is 2.28 bits per heavy atom. The summed E-state index contributed by atoms with van der Waals surface area (Å²) in [6.45, 7) is 1.99. The van der Waals surface area contributed by atoms with Gasteiger partial charge in [-0.3, -0.25) is 4.68 Å². The first kappa shape index (κ1) is 14.0. The van der Waals surface area contributed by atoms with Crippen molar-refractivity contribution in [2.75, 3.05) is 27.7 Å². The minimum atomic E-state index is 0.592. The Kier molecular flexibility index (Phi) is 4.81. The minimum Gasteiger partial charge on any atom is -0.316 e. The van der Waals surface area contributed by atoms with Crippen molar-refractivity contribution in [3.8, 4) is 0 Å². The molecule has 0 amide bonds. The maximum absolute atomic E-state index is 4.52. The summed E-state index contributed by atoms with van der Waals surface area (Å²) in [5.74, 6) is 0.592. The Bertz CT molecular complexity index is 388. The van der Waals surface area contributed by atoms with Crippen molar-refractivity contribution in [2.45, 2.75) is 37.8 Å². The van der Waals surface area contributed by atoms with Crippen molar-refractivity contribution < 1.29 is 0 Å². The van der Waals surface area contributed by atoms with Crippen LogP contribution >= 0.6 is 15.9 Å². The van der Waals surface area contributed by atoms with Crippen LogP contribution < -0.4 is 5.32 Å². The second-order valence-electron chi connectivity index (χ2n) is 5.34. The van der Waals surface area contributed by atoms with Crippen LogP contribution in [0.25, 0.3) is 0 Å². The fraction of sp³-hybridized carbons (Fsp3) is 0.769. The summed E-state index contributed by atoms with van der Waals surface area (Å²) in [5, 5.41) is 7.97. The Labute approximate surface area is 118 Å². The maximum atomic E-state index is 4.52. The largest absolute Gasteiger partial charge is 0.316 e. The van der Waals surface area contributed by atoms with Crippen LogP contribution in [0.2, 0.25) is 0 Å². The molecule has 1 aliphatic rings. The van der Waals surface area contributed by atoms with Crippen LogP contribution in [0.5, 0.6) is 0 Å². The van der Waals surface area contributed by atoms with Crippen molar-refractivity contribution in [3.05, 3.63) is 16.4 Å². The van der Waals surface area contributed by atoms with Crippen molar-refractivity contribution in [1.82, 2.24) is 20.0 Å². The number of hydrogen-bond acceptors (Lipinski definition) is 3. The molecular formula is C13H23BrN4. The molecule has 1 aliphatic carbocycles. The molecule has 4 nitrogen and oxygen atoms in total. The summed E-state index contributed by atoms with van der Waals surface area (Å²) in [5.41, 5.74) is 1.37. The number of rotatable bonds is 5. The average molecular weight is 315 g/mol. The maximum Gasteiger partial charge on any atom is 0.0635 e. The highest BCUT2D eigenvalue weighted by Crippen LogP contribution is 2.37. The smallest absolute Gasteiger partial charge is 0.0635 e. The molecule has 0 aliphatic heterocycles. The molecule has 5 heteroatoms. The molecule has 0 saturated heterocycles. The van der Waals surface area contributed by atoms with Crippen LogP contribution in [-0.4, -0.2) is 48.4 Å². The SMILES string of the molecule is CNC1CCCC1c1c(Br)cnn1CCN(C)C. The predicted molar refractivity (Wildman–Crippen MR) is 77.9 cm³/mol. The number of nitrogens with zero attached hydrogens (tertiary/aromatic N) is 3. The number of halogens is 1. The zero-order chi connectivity index (χ0) is 13.1. The summed E-state index contributed by atoms with van der Waals surface area (Å²) in [6.07, 6.45) is 5.78. The fourth-order valence-electron chi connectivity index (χ4n) is 2.85. The van der Waals surface area contributed by atoms with Crippen molar-refractivity contribution in [2.24, 2.45) is 0 Å². The molecule has 0 aromatic carbocycles. The normalized spacial score (nSPS) is 24.1. The van der Waals surface area contributed by atoms with E-state index in [1.54, 1.807) is 0 Å². The topological polar surface area (TPSA) is 33.1 Å². The van der Waals surface area contributed by atoms with E-state index in [1.165, 1.54) is 25.0 Å². The predicted octanol–water partition coefficient (Wildman–Crippen LogP) is 2.06. The van der Waals surface area contributed by atoms with Crippen LogP contribution in [0.3, 0.4) is 0 Å². The van der Waals surface area contributed by atoms with E-state index < -0.39 is 0 Å². The number of aromatic nitrogens is 2. The third-order valence-electron chi connectivity index (χ3n) is 3.83. The first-order valence-corrected chi connectivity index (χ1v) is 7.46. The van der Waals surface area contributed by atoms with E-state index in [4.69, 9.17) is 0 Å². The molecule has 0 spiro atoms. The Hall–Kier alpha value is -0.390. The van der Waals surface area contributed by atoms with Gasteiger partial charge in [-0.2, -0.15) is 5.10 Å². The number of nitrogens with one attached hydrogen (secondary N) is 1. The van der Waals surface area contributed by atoms with Crippen LogP contribution in [0.15, 0.2) is 10.7 Å². The molecule has 2 atom stereocenters. The monoisotopic (exact) mass is 314 g/mol. The van der Waals surface area contributed by atoms with Gasteiger partial charge in [-0.1, -0.05) is 6.42 Å². The van der Waals surface area contributed by atoms with E-state index in [0.717, 1.165) is 17.6 Å². The Balaban J connectivity index is 2.17. The Morgan fingerprint density at radius 1 is 1.50 bits per heavy atom. The summed E-state index contributed by atoms with van der Waals surface area (Å²) in [6, 6.07) is 0.594. The van der Waals surface area contributed by atoms with Gasteiger partial charge in [0.05, 0.1) is 22.9 Å². The molecule has 0 bridgehead atoms.